The second-order valence-electron chi connectivity index (χ2n) is 5.06. The third-order valence-corrected chi connectivity index (χ3v) is 3.71. The van der Waals surface area contributed by atoms with Crippen LogP contribution < -0.4 is 5.73 Å². The Balaban J connectivity index is 1.75. The Bertz CT molecular complexity index is 175. The van der Waals surface area contributed by atoms with Crippen LogP contribution in [-0.2, 0) is 0 Å². The average molecular weight is 168 g/mol. The predicted octanol–water partition coefficient (Wildman–Crippen LogP) is 1.07. The lowest BCUT2D eigenvalue weighted by Gasteiger charge is -2.40. The highest BCUT2D eigenvalue weighted by molar-refractivity contribution is 4.99. The van der Waals surface area contributed by atoms with Gasteiger partial charge in [0.05, 0.1) is 0 Å². The highest BCUT2D eigenvalue weighted by Gasteiger charge is 2.47. The summed E-state index contributed by atoms with van der Waals surface area (Å²) in [6, 6.07) is 0.710. The van der Waals surface area contributed by atoms with Crippen molar-refractivity contribution >= 4 is 0 Å². The second-order valence-corrected chi connectivity index (χ2v) is 5.06. The quantitative estimate of drug-likeness (QED) is 0.683. The Morgan fingerprint density at radius 2 is 2.17 bits per heavy atom. The molecule has 0 spiro atoms. The zero-order valence-electron chi connectivity index (χ0n) is 8.21. The minimum atomic E-state index is 0.634. The maximum absolute atomic E-state index is 5.65. The maximum Gasteiger partial charge on any atom is 0.0230 e. The molecule has 2 fully saturated rings. The van der Waals surface area contributed by atoms with E-state index in [1.165, 1.54) is 25.9 Å². The summed E-state index contributed by atoms with van der Waals surface area (Å²) in [7, 11) is 0. The Labute approximate surface area is 75.1 Å². The third kappa shape index (κ3) is 1.38. The second kappa shape index (κ2) is 2.71. The molecule has 2 rings (SSSR count). The van der Waals surface area contributed by atoms with Crippen LogP contribution in [-0.4, -0.2) is 30.6 Å². The molecule has 1 aliphatic heterocycles. The van der Waals surface area contributed by atoms with E-state index in [2.05, 4.69) is 18.7 Å². The van der Waals surface area contributed by atoms with Crippen molar-refractivity contribution in [3.8, 4) is 0 Å². The summed E-state index contributed by atoms with van der Waals surface area (Å²) >= 11 is 0. The molecule has 0 amide bonds. The highest BCUT2D eigenvalue weighted by atomic mass is 15.2. The van der Waals surface area contributed by atoms with Crippen molar-refractivity contribution in [2.45, 2.75) is 32.7 Å². The molecule has 2 unspecified atom stereocenters. The van der Waals surface area contributed by atoms with Crippen LogP contribution in [0.5, 0.6) is 0 Å². The molecule has 1 aliphatic carbocycles. The summed E-state index contributed by atoms with van der Waals surface area (Å²) in [6.45, 7) is 8.18. The lowest BCUT2D eigenvalue weighted by molar-refractivity contribution is 0.0867. The molecule has 2 N–H and O–H groups in total. The number of likely N-dealkylation sites (tertiary alicyclic amines) is 1. The van der Waals surface area contributed by atoms with Gasteiger partial charge in [-0.2, -0.15) is 0 Å². The fourth-order valence-electron chi connectivity index (χ4n) is 2.17. The Hall–Kier alpha value is -0.0800. The van der Waals surface area contributed by atoms with Crippen LogP contribution >= 0.6 is 0 Å². The molecule has 1 heterocycles. The van der Waals surface area contributed by atoms with Crippen molar-refractivity contribution < 1.29 is 0 Å². The fraction of sp³-hybridized carbons (Fsp3) is 1.00. The van der Waals surface area contributed by atoms with Crippen molar-refractivity contribution in [2.24, 2.45) is 17.1 Å². The normalized spacial score (nSPS) is 39.2. The van der Waals surface area contributed by atoms with Crippen molar-refractivity contribution in [3.63, 3.8) is 0 Å². The Kier molecular flexibility index (Phi) is 1.92. The molecule has 0 aromatic carbocycles. The largest absolute Gasteiger partial charge is 0.329 e. The van der Waals surface area contributed by atoms with Gasteiger partial charge in [0.15, 0.2) is 0 Å². The molecule has 1 saturated heterocycles. The molecule has 12 heavy (non-hydrogen) atoms. The number of nitrogens with zero attached hydrogens (tertiary/aromatic N) is 1. The number of hydrogen-bond donors (Lipinski definition) is 1. The van der Waals surface area contributed by atoms with Crippen LogP contribution in [0, 0.1) is 11.3 Å². The number of hydrogen-bond acceptors (Lipinski definition) is 2. The van der Waals surface area contributed by atoms with E-state index >= 15 is 0 Å². The molecule has 1 saturated carbocycles. The monoisotopic (exact) mass is 168 g/mol. The van der Waals surface area contributed by atoms with Gasteiger partial charge in [0.2, 0.25) is 0 Å². The minimum absolute atomic E-state index is 0.634. The zero-order chi connectivity index (χ0) is 8.77. The van der Waals surface area contributed by atoms with Crippen LogP contribution in [0.15, 0.2) is 0 Å². The number of nitrogens with two attached hydrogens (primary N) is 1. The van der Waals surface area contributed by atoms with Gasteiger partial charge >= 0.3 is 0 Å². The van der Waals surface area contributed by atoms with E-state index in [0.717, 1.165) is 12.5 Å². The summed E-state index contributed by atoms with van der Waals surface area (Å²) in [5.74, 6) is 0.951. The van der Waals surface area contributed by atoms with E-state index in [-0.39, 0.29) is 0 Å². The molecule has 0 aromatic heterocycles. The van der Waals surface area contributed by atoms with Gasteiger partial charge < -0.3 is 5.73 Å². The number of rotatable bonds is 3. The summed E-state index contributed by atoms with van der Waals surface area (Å²) < 4.78 is 0. The predicted molar refractivity (Wildman–Crippen MR) is 50.9 cm³/mol. The van der Waals surface area contributed by atoms with Crippen LogP contribution in [0.2, 0.25) is 0 Å². The van der Waals surface area contributed by atoms with E-state index in [4.69, 9.17) is 5.73 Å². The molecular weight excluding hydrogens is 148 g/mol. The van der Waals surface area contributed by atoms with E-state index < -0.39 is 0 Å². The molecular formula is C10H20N2. The standard InChI is InChI=1S/C10H20N2/c1-10(2)5-8(10)7-12-4-3-9(12)6-11/h8-9H,3-7,11H2,1-2H3. The van der Waals surface area contributed by atoms with E-state index in [0.29, 0.717) is 11.5 Å². The lowest BCUT2D eigenvalue weighted by atomic mass is 10.0. The van der Waals surface area contributed by atoms with Gasteiger partial charge in [0, 0.05) is 25.7 Å². The van der Waals surface area contributed by atoms with Crippen molar-refractivity contribution in [2.75, 3.05) is 19.6 Å². The van der Waals surface area contributed by atoms with Crippen LogP contribution in [0.25, 0.3) is 0 Å². The summed E-state index contributed by atoms with van der Waals surface area (Å²) in [5.41, 5.74) is 6.28. The first-order valence-corrected chi connectivity index (χ1v) is 5.07. The SMILES string of the molecule is CC1(C)CC1CN1CCC1CN. The molecule has 2 atom stereocenters. The van der Waals surface area contributed by atoms with Gasteiger partial charge in [-0.25, -0.2) is 0 Å². The topological polar surface area (TPSA) is 29.3 Å². The van der Waals surface area contributed by atoms with E-state index in [1.54, 1.807) is 0 Å². The van der Waals surface area contributed by atoms with Crippen LogP contribution in [0.1, 0.15) is 26.7 Å². The average Bonchev–Trinajstić information content (AvgIpc) is 2.53. The van der Waals surface area contributed by atoms with Gasteiger partial charge in [-0.1, -0.05) is 13.8 Å². The summed E-state index contributed by atoms with van der Waals surface area (Å²) in [5, 5.41) is 0. The van der Waals surface area contributed by atoms with Gasteiger partial charge in [-0.3, -0.25) is 4.90 Å². The van der Waals surface area contributed by atoms with Crippen molar-refractivity contribution in [1.29, 1.82) is 0 Å². The molecule has 2 heteroatoms. The van der Waals surface area contributed by atoms with Crippen LogP contribution in [0.4, 0.5) is 0 Å². The lowest BCUT2D eigenvalue weighted by Crippen LogP contribution is -2.52. The fourth-order valence-corrected chi connectivity index (χ4v) is 2.17. The van der Waals surface area contributed by atoms with Gasteiger partial charge in [0.25, 0.3) is 0 Å². The van der Waals surface area contributed by atoms with Crippen LogP contribution in [0.3, 0.4) is 0 Å². The first-order chi connectivity index (χ1) is 5.63. The minimum Gasteiger partial charge on any atom is -0.329 e. The van der Waals surface area contributed by atoms with E-state index in [1.807, 2.05) is 0 Å². The maximum atomic E-state index is 5.65. The summed E-state index contributed by atoms with van der Waals surface area (Å²) in [4.78, 5) is 2.55. The first-order valence-electron chi connectivity index (χ1n) is 5.07. The molecule has 70 valence electrons. The molecule has 2 aliphatic rings. The molecule has 0 radical (unpaired) electrons. The van der Waals surface area contributed by atoms with Gasteiger partial charge in [0.1, 0.15) is 0 Å². The molecule has 0 aromatic rings. The zero-order valence-corrected chi connectivity index (χ0v) is 8.21. The van der Waals surface area contributed by atoms with Gasteiger partial charge in [-0.05, 0) is 24.2 Å². The van der Waals surface area contributed by atoms with Crippen molar-refractivity contribution in [1.82, 2.24) is 4.90 Å². The first kappa shape index (κ1) is 8.52. The summed E-state index contributed by atoms with van der Waals surface area (Å²) in [6.07, 6.45) is 2.74. The third-order valence-electron chi connectivity index (χ3n) is 3.71. The van der Waals surface area contributed by atoms with Crippen molar-refractivity contribution in [3.05, 3.63) is 0 Å². The highest BCUT2D eigenvalue weighted by Crippen LogP contribution is 2.52. The Morgan fingerprint density at radius 1 is 1.50 bits per heavy atom. The smallest absolute Gasteiger partial charge is 0.0230 e. The Morgan fingerprint density at radius 3 is 2.50 bits per heavy atom. The van der Waals surface area contributed by atoms with E-state index in [9.17, 15) is 0 Å². The molecule has 0 bridgehead atoms. The van der Waals surface area contributed by atoms with Gasteiger partial charge in [-0.15, -0.1) is 0 Å². The molecule has 2 nitrogen and oxygen atoms in total.